The highest BCUT2D eigenvalue weighted by molar-refractivity contribution is 8.00. The summed E-state index contributed by atoms with van der Waals surface area (Å²) in [6.07, 6.45) is 2.81. The Labute approximate surface area is 871 Å². The number of carboxylic acids is 1. The number of carbonyl (C=O) groups is 9. The van der Waals surface area contributed by atoms with E-state index in [0.717, 1.165) is 189 Å². The van der Waals surface area contributed by atoms with Crippen LogP contribution >= 0.6 is 70.6 Å². The number of aliphatic carboxylic acids is 1. The first-order chi connectivity index (χ1) is 69.5. The van der Waals surface area contributed by atoms with E-state index in [2.05, 4.69) is 110 Å². The minimum atomic E-state index is -3.47. The van der Waals surface area contributed by atoms with Crippen LogP contribution in [-0.4, -0.2) is 308 Å². The third kappa shape index (κ3) is 32.0. The fourth-order valence-electron chi connectivity index (χ4n) is 17.1. The molecule has 0 saturated carbocycles. The van der Waals surface area contributed by atoms with Crippen molar-refractivity contribution in [2.45, 2.75) is 166 Å². The van der Waals surface area contributed by atoms with Gasteiger partial charge in [-0.1, -0.05) is 102 Å². The van der Waals surface area contributed by atoms with Gasteiger partial charge in [0.15, 0.2) is 32.9 Å². The fraction of sp³-hybridized carbons (Fsp3) is 0.447. The summed E-state index contributed by atoms with van der Waals surface area (Å²) in [6.45, 7) is 29.9. The highest BCUT2D eigenvalue weighted by atomic mass is 32.2. The maximum Gasteiger partial charge on any atom is 0.410 e. The zero-order chi connectivity index (χ0) is 103. The number of methoxy groups -OCH3 is 1. The number of nitrogens with one attached hydrogen (secondary N) is 1. The molecular weight excluding hydrogens is 1990 g/mol. The molecule has 0 unspecified atom stereocenters. The number of thioether (sulfide) groups is 6. The van der Waals surface area contributed by atoms with E-state index < -0.39 is 62.5 Å². The predicted octanol–water partition coefficient (Wildman–Crippen LogP) is 17.1. The molecule has 0 atom stereocenters. The smallest absolute Gasteiger partial charge is 0.410 e. The van der Waals surface area contributed by atoms with Gasteiger partial charge in [-0.15, -0.1) is 70.6 Å². The van der Waals surface area contributed by atoms with Crippen LogP contribution in [0, 0.1) is 12.7 Å². The standard InChI is InChI=1S/C22H25N3O3S.C15H20N2OS.C14H18FNO3S.C14H18N4O3S.C14H19N3OS.C12H13NO5S.C12H13NO3S/c26-22(25-11-12-29-21-4-2-1-3-18(21)15-25)24-9-7-23(8-10-24)14-17-5-6-19-20(13-17)28-16-27-19;18-15(16-8-4-1-5-9-16)17-10-11-19-14-7-3-2-6-13(14)12-17;1-14(2,3)19-13(18)16-4-5-20-12-7-10(15)11(17)6-9(12)8-16;1-14(2,3)21-13(20)18-4-5-22-12-7-10(16-17-15)11(19)6-9(12)8-18;18-14(16-7-5-15-6-8-16)17-9-10-19-13-4-2-1-3-12(13)11-17;1-8-2-3-10-9(6-8)7-13(11(14)12(15)16)4-5-19(10,17)18;1-16-12(15)11(14)13-6-7-17-10-5-3-2-4-9(10)8-13/h1-6,13H,7-12,14-16H2;2-3,6-7H,1,4-5,8-12H2;6-7,17H,4-5,8H2,1-3H3;6-7,19H,4-5,8H2,1-3H3;1-4,15H,5-11H2;2-3,6H,4-5,7H2,1H3,(H,15,16);2-5H,6-8H2,1H3. The molecule has 8 aromatic rings. The number of nitrogens with zero attached hydrogens (tertiary/aromatic N) is 14. The number of piperazine rings is 2. The molecule has 11 aliphatic rings. The normalized spacial score (nSPS) is 17.4. The first-order valence-corrected chi connectivity index (χ1v) is 55.7. The van der Waals surface area contributed by atoms with E-state index in [9.17, 15) is 66.2 Å². The van der Waals surface area contributed by atoms with Gasteiger partial charge in [-0.05, 0) is 184 Å². The Morgan fingerprint density at radius 3 is 1.33 bits per heavy atom. The van der Waals surface area contributed by atoms with Crippen LogP contribution in [-0.2, 0) is 95.6 Å². The van der Waals surface area contributed by atoms with Gasteiger partial charge in [0.05, 0.1) is 36.5 Å². The van der Waals surface area contributed by atoms with Crippen molar-refractivity contribution in [2.75, 3.05) is 165 Å². The average Bonchev–Trinajstić information content (AvgIpc) is 1.64. The van der Waals surface area contributed by atoms with Gasteiger partial charge in [-0.2, -0.15) is 0 Å². The SMILES string of the molecule is CC(C)(C)OC(=O)N1CCSc2cc(F)c(O)cc2C1.CC(C)(C)OC(=O)N1CCSc2cc(N=[N+]=[N-])c(O)cc2C1.COC(=O)C(=O)N1CCSc2ccccc2C1.Cc1ccc2c(c1)CN(C(=O)C(=O)O)CCS2(=O)=O.O=C(N1CCCCC1)N1CCSc2ccccc2C1.O=C(N1CCN(Cc2ccc3c(c2)OCO3)CC1)N1CCSc2ccccc2C1.O=C(N1CCNCC1)N1CCSc2ccccc2C1. The number of rotatable bonds is 3. The second kappa shape index (κ2) is 52.6. The second-order valence-corrected chi connectivity index (χ2v) is 46.3. The van der Waals surface area contributed by atoms with Crippen LogP contribution in [0.2, 0.25) is 0 Å². The highest BCUT2D eigenvalue weighted by Crippen LogP contribution is 2.41. The monoisotopic (exact) mass is 2120 g/mol. The third-order valence-electron chi connectivity index (χ3n) is 24.5. The summed E-state index contributed by atoms with van der Waals surface area (Å²) in [5.41, 5.74) is 16.6. The van der Waals surface area contributed by atoms with Gasteiger partial charge in [0.2, 0.25) is 6.79 Å². The van der Waals surface area contributed by atoms with Crippen molar-refractivity contribution in [1.82, 2.24) is 59.2 Å². The Bertz CT molecular complexity index is 6010. The minimum absolute atomic E-state index is 0.00137. The Hall–Kier alpha value is -11.6. The van der Waals surface area contributed by atoms with E-state index in [-0.39, 0.29) is 59.4 Å². The molecule has 34 nitrogen and oxygen atoms in total. The lowest BCUT2D eigenvalue weighted by molar-refractivity contribution is -0.158. The van der Waals surface area contributed by atoms with Gasteiger partial charge >= 0.3 is 54.0 Å². The number of likely N-dealkylation sites (tertiary alicyclic amines) is 1. The zero-order valence-electron chi connectivity index (χ0n) is 82.8. The number of carbonyl (C=O) groups excluding carboxylic acids is 8. The molecule has 0 aromatic heterocycles. The number of aryl methyl sites for hydroxylation is 1. The highest BCUT2D eigenvalue weighted by Gasteiger charge is 2.36. The number of carboxylic acid groups (broad SMARTS) is 1. The number of fused-ring (bicyclic) bond motifs is 8. The number of amides is 10. The number of ether oxygens (including phenoxy) is 5. The van der Waals surface area contributed by atoms with Gasteiger partial charge < -0.3 is 93.3 Å². The molecule has 8 aromatic carbocycles. The zero-order valence-corrected chi connectivity index (χ0v) is 88.6. The predicted molar refractivity (Wildman–Crippen MR) is 559 cm³/mol. The molecule has 0 aliphatic carbocycles. The van der Waals surface area contributed by atoms with E-state index in [4.69, 9.17) is 29.6 Å². The van der Waals surface area contributed by atoms with E-state index in [0.29, 0.717) is 69.7 Å². The molecule has 19 rings (SSSR count). The number of benzene rings is 8. The van der Waals surface area contributed by atoms with Crippen LogP contribution in [0.15, 0.2) is 197 Å². The van der Waals surface area contributed by atoms with Crippen molar-refractivity contribution in [1.29, 1.82) is 0 Å². The number of esters is 1. The molecule has 0 spiro atoms. The summed E-state index contributed by atoms with van der Waals surface area (Å²) in [4.78, 5) is 137. The summed E-state index contributed by atoms with van der Waals surface area (Å²) in [5.74, 6) is 1.33. The fourth-order valence-corrected chi connectivity index (χ4v) is 24.7. The summed E-state index contributed by atoms with van der Waals surface area (Å²) in [7, 11) is -2.25. The molecule has 0 radical (unpaired) electrons. The molecule has 776 valence electrons. The van der Waals surface area contributed by atoms with E-state index >= 15 is 0 Å². The number of azide groups is 1. The molecule has 0 bridgehead atoms. The molecule has 11 aliphatic heterocycles. The van der Waals surface area contributed by atoms with Gasteiger partial charge in [0.1, 0.15) is 17.0 Å². The molecule has 145 heavy (non-hydrogen) atoms. The number of halogens is 1. The summed E-state index contributed by atoms with van der Waals surface area (Å²) < 4.78 is 63.5. The van der Waals surface area contributed by atoms with Gasteiger partial charge in [0, 0.05) is 219 Å². The molecular formula is C103H126FN15O19S7. The summed E-state index contributed by atoms with van der Waals surface area (Å²) in [5, 5.41) is 34.8. The number of phenols is 2. The Balaban J connectivity index is 0.000000143. The van der Waals surface area contributed by atoms with Crippen LogP contribution in [0.3, 0.4) is 0 Å². The quantitative estimate of drug-likeness (QED) is 0.0319. The largest absolute Gasteiger partial charge is 0.507 e. The lowest BCUT2D eigenvalue weighted by atomic mass is 10.1. The summed E-state index contributed by atoms with van der Waals surface area (Å²) in [6, 6.07) is 50.7. The maximum absolute atomic E-state index is 13.3. The van der Waals surface area contributed by atoms with Crippen molar-refractivity contribution in [3.63, 3.8) is 0 Å². The average molecular weight is 2120 g/mol. The summed E-state index contributed by atoms with van der Waals surface area (Å²) >= 11 is 10.3. The van der Waals surface area contributed by atoms with E-state index in [1.165, 1.54) is 96.3 Å². The topological polar surface area (TPSA) is 391 Å². The number of urea groups is 3. The van der Waals surface area contributed by atoms with Crippen LogP contribution in [0.1, 0.15) is 111 Å². The van der Waals surface area contributed by atoms with Gasteiger partial charge in [0.25, 0.3) is 0 Å². The molecule has 11 heterocycles. The second-order valence-electron chi connectivity index (χ2n) is 37.4. The maximum atomic E-state index is 13.3. The van der Waals surface area contributed by atoms with Gasteiger partial charge in [-0.25, -0.2) is 46.4 Å². The molecule has 3 saturated heterocycles. The van der Waals surface area contributed by atoms with Crippen molar-refractivity contribution in [3.8, 4) is 23.0 Å². The first kappa shape index (κ1) is 111. The number of hydrogen-bond acceptors (Lipinski definition) is 27. The van der Waals surface area contributed by atoms with Crippen LogP contribution < -0.4 is 14.8 Å². The van der Waals surface area contributed by atoms with Crippen LogP contribution in [0.5, 0.6) is 23.0 Å². The molecule has 10 amide bonds. The Morgan fingerprint density at radius 2 is 0.855 bits per heavy atom. The number of sulfone groups is 1. The number of phenolic OH excluding ortho intramolecular Hbond substituents is 2. The lowest BCUT2D eigenvalue weighted by Crippen LogP contribution is -2.52. The van der Waals surface area contributed by atoms with Crippen molar-refractivity contribution >= 4 is 140 Å². The molecule has 3 fully saturated rings. The van der Waals surface area contributed by atoms with Gasteiger partial charge in [-0.3, -0.25) is 14.5 Å². The third-order valence-corrected chi connectivity index (χ3v) is 32.8. The lowest BCUT2D eigenvalue weighted by Gasteiger charge is -2.37. The van der Waals surface area contributed by atoms with Crippen LogP contribution in [0.25, 0.3) is 10.4 Å². The van der Waals surface area contributed by atoms with Crippen molar-refractivity contribution < 1.29 is 95.0 Å². The first-order valence-electron chi connectivity index (χ1n) is 48.2. The number of piperidine rings is 1. The molecule has 42 heteroatoms. The van der Waals surface area contributed by atoms with Crippen molar-refractivity contribution in [2.24, 2.45) is 5.11 Å². The Kier molecular flexibility index (Phi) is 40.2. The molecule has 4 N–H and O–H groups in total. The Morgan fingerprint density at radius 1 is 0.441 bits per heavy atom. The number of aromatic hydroxyl groups is 2. The van der Waals surface area contributed by atoms with E-state index in [1.807, 2.05) is 137 Å². The van der Waals surface area contributed by atoms with Crippen molar-refractivity contribution in [3.05, 3.63) is 224 Å². The van der Waals surface area contributed by atoms with Crippen LogP contribution in [0.4, 0.5) is 34.1 Å². The van der Waals surface area contributed by atoms with E-state index in [1.54, 1.807) is 58.4 Å². The number of hydrogen-bond donors (Lipinski definition) is 4. The minimum Gasteiger partial charge on any atom is -0.507 e.